The smallest absolute Gasteiger partial charge is 0.0175 e. The Labute approximate surface area is 89.8 Å². The molecule has 0 spiro atoms. The molecule has 1 aromatic rings. The van der Waals surface area contributed by atoms with Crippen molar-refractivity contribution in [1.82, 2.24) is 0 Å². The second kappa shape index (κ2) is 8.06. The van der Waals surface area contributed by atoms with Crippen molar-refractivity contribution in [2.45, 2.75) is 26.2 Å². The van der Waals surface area contributed by atoms with Gasteiger partial charge in [0.1, 0.15) is 0 Å². The fraction of sp³-hybridized carbons (Fsp3) is 0.333. The van der Waals surface area contributed by atoms with Gasteiger partial charge < -0.3 is 0 Å². The first kappa shape index (κ1) is 12.4. The van der Waals surface area contributed by atoms with E-state index in [4.69, 9.17) is 0 Å². The molecular weight excluding hydrogens is 224 g/mol. The Morgan fingerprint density at radius 3 is 2.15 bits per heavy atom. The van der Waals surface area contributed by atoms with Gasteiger partial charge >= 0.3 is 0 Å². The SMILES string of the molecule is C=C.CCCCc1ccc(Br)cc1. The van der Waals surface area contributed by atoms with E-state index in [1.54, 1.807) is 0 Å². The molecule has 0 fully saturated rings. The van der Waals surface area contributed by atoms with Crippen molar-refractivity contribution in [3.63, 3.8) is 0 Å². The molecule has 0 bridgehead atoms. The molecule has 0 aliphatic rings. The van der Waals surface area contributed by atoms with Crippen LogP contribution in [0.25, 0.3) is 0 Å². The van der Waals surface area contributed by atoms with E-state index in [0.29, 0.717) is 0 Å². The molecule has 0 saturated heterocycles. The molecule has 0 atom stereocenters. The zero-order valence-electron chi connectivity index (χ0n) is 8.22. The van der Waals surface area contributed by atoms with E-state index in [1.807, 2.05) is 0 Å². The Kier molecular flexibility index (Phi) is 7.71. The Morgan fingerprint density at radius 2 is 1.69 bits per heavy atom. The van der Waals surface area contributed by atoms with Gasteiger partial charge in [-0.15, -0.1) is 13.2 Å². The van der Waals surface area contributed by atoms with Crippen molar-refractivity contribution in [3.05, 3.63) is 47.5 Å². The summed E-state index contributed by atoms with van der Waals surface area (Å²) in [6, 6.07) is 8.56. The van der Waals surface area contributed by atoms with E-state index in [-0.39, 0.29) is 0 Å². The number of halogens is 1. The van der Waals surface area contributed by atoms with Crippen LogP contribution in [-0.4, -0.2) is 0 Å². The van der Waals surface area contributed by atoms with Gasteiger partial charge in [0, 0.05) is 4.47 Å². The standard InChI is InChI=1S/C10H13Br.C2H4/c1-2-3-4-9-5-7-10(11)8-6-9;1-2/h5-8H,2-4H2,1H3;1-2H2. The minimum atomic E-state index is 1.16. The molecular formula is C12H17Br. The highest BCUT2D eigenvalue weighted by Gasteiger charge is 1.90. The van der Waals surface area contributed by atoms with Crippen molar-refractivity contribution < 1.29 is 0 Å². The van der Waals surface area contributed by atoms with E-state index in [9.17, 15) is 0 Å². The molecule has 1 heteroatoms. The average molecular weight is 241 g/mol. The molecule has 0 N–H and O–H groups in total. The zero-order valence-corrected chi connectivity index (χ0v) is 9.81. The van der Waals surface area contributed by atoms with E-state index >= 15 is 0 Å². The molecule has 0 radical (unpaired) electrons. The molecule has 1 aromatic carbocycles. The summed E-state index contributed by atoms with van der Waals surface area (Å²) in [4.78, 5) is 0. The van der Waals surface area contributed by atoms with Gasteiger partial charge in [-0.1, -0.05) is 41.4 Å². The van der Waals surface area contributed by atoms with E-state index in [0.717, 1.165) is 4.47 Å². The third-order valence-electron chi connectivity index (χ3n) is 1.73. The van der Waals surface area contributed by atoms with Crippen LogP contribution >= 0.6 is 15.9 Å². The summed E-state index contributed by atoms with van der Waals surface area (Å²) in [6.45, 7) is 8.22. The Hall–Kier alpha value is -0.560. The Morgan fingerprint density at radius 1 is 1.15 bits per heavy atom. The highest BCUT2D eigenvalue weighted by Crippen LogP contribution is 2.11. The molecule has 0 aromatic heterocycles. The van der Waals surface area contributed by atoms with Crippen LogP contribution in [0.4, 0.5) is 0 Å². The Balaban J connectivity index is 0.000000671. The number of unbranched alkanes of at least 4 members (excludes halogenated alkanes) is 1. The molecule has 0 aliphatic carbocycles. The third kappa shape index (κ3) is 5.64. The van der Waals surface area contributed by atoms with Crippen molar-refractivity contribution in [2.24, 2.45) is 0 Å². The van der Waals surface area contributed by atoms with Crippen molar-refractivity contribution in [2.75, 3.05) is 0 Å². The second-order valence-corrected chi connectivity index (χ2v) is 3.65. The van der Waals surface area contributed by atoms with Gasteiger partial charge in [0.2, 0.25) is 0 Å². The zero-order chi connectivity index (χ0) is 10.1. The quantitative estimate of drug-likeness (QED) is 0.679. The monoisotopic (exact) mass is 240 g/mol. The number of rotatable bonds is 3. The van der Waals surface area contributed by atoms with Crippen LogP contribution in [0, 0.1) is 0 Å². The van der Waals surface area contributed by atoms with Crippen LogP contribution in [0.15, 0.2) is 41.9 Å². The van der Waals surface area contributed by atoms with E-state index < -0.39 is 0 Å². The second-order valence-electron chi connectivity index (χ2n) is 2.73. The molecule has 13 heavy (non-hydrogen) atoms. The number of aryl methyl sites for hydroxylation is 1. The van der Waals surface area contributed by atoms with Gasteiger partial charge in [-0.3, -0.25) is 0 Å². The van der Waals surface area contributed by atoms with Crippen molar-refractivity contribution in [3.8, 4) is 0 Å². The lowest BCUT2D eigenvalue weighted by Crippen LogP contribution is -1.82. The summed E-state index contributed by atoms with van der Waals surface area (Å²) in [5, 5.41) is 0. The average Bonchev–Trinajstić information content (AvgIpc) is 2.20. The molecule has 0 saturated carbocycles. The predicted octanol–water partition coefficient (Wildman–Crippen LogP) is 4.59. The first-order valence-corrected chi connectivity index (χ1v) is 5.36. The molecule has 0 nitrogen and oxygen atoms in total. The summed E-state index contributed by atoms with van der Waals surface area (Å²) in [6.07, 6.45) is 3.78. The Bertz CT molecular complexity index is 213. The van der Waals surface area contributed by atoms with Crippen LogP contribution in [0.5, 0.6) is 0 Å². The normalized spacial score (nSPS) is 8.77. The van der Waals surface area contributed by atoms with Crippen LogP contribution in [-0.2, 0) is 6.42 Å². The lowest BCUT2D eigenvalue weighted by Gasteiger charge is -1.98. The topological polar surface area (TPSA) is 0 Å². The lowest BCUT2D eigenvalue weighted by molar-refractivity contribution is 0.795. The fourth-order valence-corrected chi connectivity index (χ4v) is 1.30. The minimum Gasteiger partial charge on any atom is -0.106 e. The first-order valence-electron chi connectivity index (χ1n) is 4.57. The summed E-state index contributed by atoms with van der Waals surface area (Å²) in [5.41, 5.74) is 1.44. The first-order chi connectivity index (χ1) is 6.33. The van der Waals surface area contributed by atoms with Crippen LogP contribution in [0.2, 0.25) is 0 Å². The number of benzene rings is 1. The van der Waals surface area contributed by atoms with Gasteiger partial charge in [0.15, 0.2) is 0 Å². The number of hydrogen-bond acceptors (Lipinski definition) is 0. The largest absolute Gasteiger partial charge is 0.106 e. The maximum atomic E-state index is 3.41. The van der Waals surface area contributed by atoms with Gasteiger partial charge in [-0.2, -0.15) is 0 Å². The highest BCUT2D eigenvalue weighted by atomic mass is 79.9. The maximum Gasteiger partial charge on any atom is 0.0175 e. The molecule has 0 amide bonds. The summed E-state index contributed by atoms with van der Waals surface area (Å²) < 4.78 is 1.16. The van der Waals surface area contributed by atoms with Crippen LogP contribution < -0.4 is 0 Å². The third-order valence-corrected chi connectivity index (χ3v) is 2.26. The summed E-state index contributed by atoms with van der Waals surface area (Å²) in [7, 11) is 0. The summed E-state index contributed by atoms with van der Waals surface area (Å²) in [5.74, 6) is 0. The van der Waals surface area contributed by atoms with Gasteiger partial charge in [-0.25, -0.2) is 0 Å². The van der Waals surface area contributed by atoms with Gasteiger partial charge in [0.05, 0.1) is 0 Å². The number of hydrogen-bond donors (Lipinski definition) is 0. The van der Waals surface area contributed by atoms with E-state index in [2.05, 4.69) is 60.3 Å². The highest BCUT2D eigenvalue weighted by molar-refractivity contribution is 9.10. The molecule has 0 unspecified atom stereocenters. The van der Waals surface area contributed by atoms with Crippen molar-refractivity contribution >= 4 is 15.9 Å². The van der Waals surface area contributed by atoms with Gasteiger partial charge in [-0.05, 0) is 30.5 Å². The van der Waals surface area contributed by atoms with Crippen LogP contribution in [0.1, 0.15) is 25.3 Å². The maximum absolute atomic E-state index is 3.41. The molecule has 72 valence electrons. The minimum absolute atomic E-state index is 1.16. The van der Waals surface area contributed by atoms with Gasteiger partial charge in [0.25, 0.3) is 0 Å². The fourth-order valence-electron chi connectivity index (χ4n) is 1.03. The summed E-state index contributed by atoms with van der Waals surface area (Å²) >= 11 is 3.41. The predicted molar refractivity (Wildman–Crippen MR) is 64.0 cm³/mol. The lowest BCUT2D eigenvalue weighted by atomic mass is 10.1. The van der Waals surface area contributed by atoms with Crippen molar-refractivity contribution in [1.29, 1.82) is 0 Å². The van der Waals surface area contributed by atoms with Crippen LogP contribution in [0.3, 0.4) is 0 Å². The molecule has 0 heterocycles. The molecule has 1 rings (SSSR count). The van der Waals surface area contributed by atoms with E-state index in [1.165, 1.54) is 24.8 Å². The molecule has 0 aliphatic heterocycles.